The lowest BCUT2D eigenvalue weighted by Crippen LogP contribution is -2.50. The molecule has 0 saturated carbocycles. The maximum absolute atomic E-state index is 12.0. The highest BCUT2D eigenvalue weighted by Gasteiger charge is 2.35. The number of nitrogens with zero attached hydrogens (tertiary/aromatic N) is 1. The van der Waals surface area contributed by atoms with E-state index in [9.17, 15) is 9.59 Å². The van der Waals surface area contributed by atoms with Crippen LogP contribution in [0.5, 0.6) is 0 Å². The Hall–Kier alpha value is -0.970. The molecule has 0 unspecified atom stereocenters. The summed E-state index contributed by atoms with van der Waals surface area (Å²) in [4.78, 5) is 25.2. The first-order valence-electron chi connectivity index (χ1n) is 6.07. The van der Waals surface area contributed by atoms with Crippen LogP contribution in [0.1, 0.15) is 40.0 Å². The van der Waals surface area contributed by atoms with Crippen molar-refractivity contribution in [3.63, 3.8) is 0 Å². The van der Waals surface area contributed by atoms with Gasteiger partial charge >= 0.3 is 12.1 Å². The van der Waals surface area contributed by atoms with Gasteiger partial charge in [-0.2, -0.15) is 0 Å². The lowest BCUT2D eigenvalue weighted by atomic mass is 10.0. The van der Waals surface area contributed by atoms with Crippen LogP contribution in [0.2, 0.25) is 0 Å². The second-order valence-electron chi connectivity index (χ2n) is 5.26. The Kier molecular flexibility index (Phi) is 5.26. The zero-order valence-corrected chi connectivity index (χ0v) is 11.8. The Morgan fingerprint density at radius 2 is 2.00 bits per heavy atom. The van der Waals surface area contributed by atoms with Gasteiger partial charge in [0.25, 0.3) is 0 Å². The average molecular weight is 278 g/mol. The van der Waals surface area contributed by atoms with E-state index in [0.29, 0.717) is 13.0 Å². The van der Waals surface area contributed by atoms with Gasteiger partial charge in [-0.05, 0) is 40.0 Å². The number of esters is 1. The molecule has 0 aromatic heterocycles. The Bertz CT molecular complexity index is 314. The summed E-state index contributed by atoms with van der Waals surface area (Å²) >= 11 is 5.37. The van der Waals surface area contributed by atoms with Gasteiger partial charge in [-0.3, -0.25) is 4.90 Å². The SMILES string of the molecule is CC(C)(C)OC(=O)N1CCCC[C@@H]1C(=O)OCCl. The van der Waals surface area contributed by atoms with E-state index < -0.39 is 23.7 Å². The van der Waals surface area contributed by atoms with Crippen LogP contribution in [-0.4, -0.2) is 41.2 Å². The Morgan fingerprint density at radius 3 is 2.56 bits per heavy atom. The molecular weight excluding hydrogens is 258 g/mol. The Balaban J connectivity index is 2.70. The number of ether oxygens (including phenoxy) is 2. The van der Waals surface area contributed by atoms with Crippen molar-refractivity contribution in [2.45, 2.75) is 51.7 Å². The van der Waals surface area contributed by atoms with E-state index in [0.717, 1.165) is 12.8 Å². The molecule has 1 aliphatic rings. The van der Waals surface area contributed by atoms with E-state index >= 15 is 0 Å². The fourth-order valence-corrected chi connectivity index (χ4v) is 1.97. The Labute approximate surface area is 112 Å². The first-order chi connectivity index (χ1) is 8.35. The molecule has 18 heavy (non-hydrogen) atoms. The van der Waals surface area contributed by atoms with Crippen LogP contribution in [0.3, 0.4) is 0 Å². The summed E-state index contributed by atoms with van der Waals surface area (Å²) in [6.45, 7) is 5.89. The van der Waals surface area contributed by atoms with Gasteiger partial charge in [0, 0.05) is 6.54 Å². The van der Waals surface area contributed by atoms with Crippen molar-refractivity contribution >= 4 is 23.7 Å². The molecule has 0 spiro atoms. The standard InChI is InChI=1S/C12H20ClNO4/c1-12(2,3)18-11(16)14-7-5-4-6-9(14)10(15)17-8-13/h9H,4-8H2,1-3H3/t9-/m1/s1. The van der Waals surface area contributed by atoms with Crippen molar-refractivity contribution in [2.24, 2.45) is 0 Å². The molecule has 1 saturated heterocycles. The minimum Gasteiger partial charge on any atom is -0.448 e. The summed E-state index contributed by atoms with van der Waals surface area (Å²) in [6, 6.07) is -0.773. The summed E-state index contributed by atoms with van der Waals surface area (Å²) in [7, 11) is 0. The van der Waals surface area contributed by atoms with Crippen molar-refractivity contribution in [3.8, 4) is 0 Å². The number of alkyl halides is 1. The minimum absolute atomic E-state index is 0.197. The number of likely N-dealkylation sites (tertiary alicyclic amines) is 1. The summed E-state index contributed by atoms with van der Waals surface area (Å²) in [6.07, 6.45) is 1.87. The topological polar surface area (TPSA) is 55.8 Å². The van der Waals surface area contributed by atoms with Crippen molar-refractivity contribution < 1.29 is 19.1 Å². The van der Waals surface area contributed by atoms with Gasteiger partial charge in [0.05, 0.1) is 0 Å². The molecule has 1 atom stereocenters. The first kappa shape index (κ1) is 15.1. The predicted molar refractivity (Wildman–Crippen MR) is 67.4 cm³/mol. The number of carbonyl (C=O) groups excluding carboxylic acids is 2. The van der Waals surface area contributed by atoms with Crippen LogP contribution < -0.4 is 0 Å². The highest BCUT2D eigenvalue weighted by atomic mass is 35.5. The third-order valence-corrected chi connectivity index (χ3v) is 2.71. The monoisotopic (exact) mass is 277 g/mol. The second kappa shape index (κ2) is 6.27. The van der Waals surface area contributed by atoms with Gasteiger partial charge in [-0.15, -0.1) is 0 Å². The van der Waals surface area contributed by atoms with Crippen LogP contribution in [0.25, 0.3) is 0 Å². The van der Waals surface area contributed by atoms with Crippen molar-refractivity contribution in [1.29, 1.82) is 0 Å². The molecule has 0 aromatic carbocycles. The van der Waals surface area contributed by atoms with Crippen molar-refractivity contribution in [3.05, 3.63) is 0 Å². The van der Waals surface area contributed by atoms with Gasteiger partial charge in [-0.25, -0.2) is 9.59 Å². The van der Waals surface area contributed by atoms with Gasteiger partial charge in [-0.1, -0.05) is 11.6 Å². The maximum atomic E-state index is 12.0. The Morgan fingerprint density at radius 1 is 1.33 bits per heavy atom. The molecule has 0 aromatic rings. The molecule has 5 nitrogen and oxygen atoms in total. The molecule has 0 radical (unpaired) electrons. The fraction of sp³-hybridized carbons (Fsp3) is 0.833. The summed E-state index contributed by atoms with van der Waals surface area (Å²) in [5.41, 5.74) is -0.574. The van der Waals surface area contributed by atoms with Crippen LogP contribution in [0, 0.1) is 0 Å². The normalized spacial score (nSPS) is 20.4. The average Bonchev–Trinajstić information content (AvgIpc) is 2.27. The van der Waals surface area contributed by atoms with Crippen LogP contribution in [-0.2, 0) is 14.3 Å². The van der Waals surface area contributed by atoms with Gasteiger partial charge < -0.3 is 9.47 Å². The molecule has 1 amide bonds. The smallest absolute Gasteiger partial charge is 0.411 e. The predicted octanol–water partition coefficient (Wildman–Crippen LogP) is 2.52. The number of rotatable bonds is 2. The highest BCUT2D eigenvalue weighted by molar-refractivity contribution is 6.17. The van der Waals surface area contributed by atoms with Crippen LogP contribution in [0.4, 0.5) is 4.79 Å². The molecule has 0 bridgehead atoms. The number of carbonyl (C=O) groups is 2. The number of amides is 1. The van der Waals surface area contributed by atoms with Crippen molar-refractivity contribution in [1.82, 2.24) is 4.90 Å². The summed E-state index contributed by atoms with van der Waals surface area (Å²) in [5.74, 6) is -0.462. The lowest BCUT2D eigenvalue weighted by molar-refractivity contribution is -0.149. The van der Waals surface area contributed by atoms with Crippen LogP contribution in [0.15, 0.2) is 0 Å². The first-order valence-corrected chi connectivity index (χ1v) is 6.61. The highest BCUT2D eigenvalue weighted by Crippen LogP contribution is 2.21. The number of halogens is 1. The van der Waals surface area contributed by atoms with Gasteiger partial charge in [0.1, 0.15) is 11.6 Å². The van der Waals surface area contributed by atoms with E-state index in [2.05, 4.69) is 0 Å². The largest absolute Gasteiger partial charge is 0.448 e. The van der Waals surface area contributed by atoms with E-state index in [4.69, 9.17) is 21.1 Å². The second-order valence-corrected chi connectivity index (χ2v) is 5.48. The quantitative estimate of drug-likeness (QED) is 0.575. The molecule has 1 rings (SSSR count). The van der Waals surface area contributed by atoms with E-state index in [1.807, 2.05) is 0 Å². The molecule has 1 aliphatic heterocycles. The minimum atomic E-state index is -0.577. The van der Waals surface area contributed by atoms with E-state index in [-0.39, 0.29) is 6.07 Å². The number of hydrogen-bond donors (Lipinski definition) is 0. The molecule has 0 N–H and O–H groups in total. The van der Waals surface area contributed by atoms with Crippen LogP contribution >= 0.6 is 11.6 Å². The zero-order chi connectivity index (χ0) is 13.8. The number of piperidine rings is 1. The molecular formula is C12H20ClNO4. The molecule has 6 heteroatoms. The molecule has 0 aliphatic carbocycles. The van der Waals surface area contributed by atoms with E-state index in [1.54, 1.807) is 20.8 Å². The molecule has 1 fully saturated rings. The van der Waals surface area contributed by atoms with Gasteiger partial charge in [0.15, 0.2) is 6.07 Å². The molecule has 1 heterocycles. The summed E-state index contributed by atoms with van der Waals surface area (Å²) < 4.78 is 10.1. The zero-order valence-electron chi connectivity index (χ0n) is 11.1. The number of hydrogen-bond acceptors (Lipinski definition) is 4. The van der Waals surface area contributed by atoms with Gasteiger partial charge in [0.2, 0.25) is 0 Å². The maximum Gasteiger partial charge on any atom is 0.411 e. The lowest BCUT2D eigenvalue weighted by Gasteiger charge is -2.35. The third kappa shape index (κ3) is 4.37. The fourth-order valence-electron chi connectivity index (χ4n) is 1.87. The summed E-state index contributed by atoms with van der Waals surface area (Å²) in [5, 5.41) is 0. The van der Waals surface area contributed by atoms with Crippen molar-refractivity contribution in [2.75, 3.05) is 12.6 Å². The third-order valence-electron chi connectivity index (χ3n) is 2.60. The molecule has 104 valence electrons. The van der Waals surface area contributed by atoms with E-state index in [1.165, 1.54) is 4.90 Å².